The molecule has 6 aliphatic heterocycles. The minimum Gasteiger partial charge on any atom is -0.388 e. The summed E-state index contributed by atoms with van der Waals surface area (Å²) in [6.45, 7) is 5.23. The van der Waals surface area contributed by atoms with E-state index in [2.05, 4.69) is 0 Å². The van der Waals surface area contributed by atoms with Gasteiger partial charge in [-0.3, -0.25) is 0 Å². The standard InChI is InChI=1S/C5H8O3.C5H8O2.C4H6O2/c6-5(3-1-7-3)4-2-8-4;1(4-2-6-4)5-3-7-5;1-3(5-1)4-2-6-4/h3-6H,1-2H2;4-5H,1-3H2;3-4H,1-2H2. The van der Waals surface area contributed by atoms with E-state index < -0.39 is 0 Å². The van der Waals surface area contributed by atoms with E-state index in [-0.39, 0.29) is 18.3 Å². The van der Waals surface area contributed by atoms with Gasteiger partial charge >= 0.3 is 0 Å². The number of aliphatic hydroxyl groups excluding tert-OH is 1. The average molecular weight is 302 g/mol. The van der Waals surface area contributed by atoms with Gasteiger partial charge < -0.3 is 33.5 Å². The normalized spacial score (nSPS) is 47.9. The van der Waals surface area contributed by atoms with Crippen LogP contribution >= 0.6 is 0 Å². The highest BCUT2D eigenvalue weighted by Gasteiger charge is 2.43. The van der Waals surface area contributed by atoms with E-state index >= 15 is 0 Å². The van der Waals surface area contributed by atoms with Crippen LogP contribution in [0.4, 0.5) is 0 Å². The molecule has 0 aromatic rings. The smallest absolute Gasteiger partial charge is 0.111 e. The lowest BCUT2D eigenvalue weighted by Crippen LogP contribution is -2.21. The molecule has 0 aliphatic carbocycles. The maximum atomic E-state index is 9.08. The molecule has 0 spiro atoms. The van der Waals surface area contributed by atoms with E-state index in [0.29, 0.717) is 37.6 Å². The summed E-state index contributed by atoms with van der Waals surface area (Å²) in [5.41, 5.74) is 0. The summed E-state index contributed by atoms with van der Waals surface area (Å²) < 4.78 is 29.5. The van der Waals surface area contributed by atoms with Crippen LogP contribution in [-0.4, -0.2) is 87.5 Å². The molecule has 120 valence electrons. The Bertz CT molecular complexity index is 309. The molecule has 1 N–H and O–H groups in total. The SMILES string of the molecule is C1OC1C1CO1.C1OC1CC1CO1.OC(C1CO1)C1CO1. The fourth-order valence-electron chi connectivity index (χ4n) is 1.99. The molecule has 6 heterocycles. The van der Waals surface area contributed by atoms with Gasteiger partial charge in [-0.05, 0) is 0 Å². The lowest BCUT2D eigenvalue weighted by molar-refractivity contribution is 0.103. The fraction of sp³-hybridized carbons (Fsp3) is 1.00. The molecule has 0 bridgehead atoms. The van der Waals surface area contributed by atoms with Crippen LogP contribution in [0.1, 0.15) is 6.42 Å². The highest BCUT2D eigenvalue weighted by molar-refractivity contribution is 4.90. The summed E-state index contributed by atoms with van der Waals surface area (Å²) in [6.07, 6.45) is 3.06. The maximum absolute atomic E-state index is 9.08. The molecule has 21 heavy (non-hydrogen) atoms. The van der Waals surface area contributed by atoms with Gasteiger partial charge in [0, 0.05) is 6.42 Å². The molecule has 0 aromatic carbocycles. The Hall–Kier alpha value is -0.280. The van der Waals surface area contributed by atoms with E-state index in [1.165, 1.54) is 0 Å². The van der Waals surface area contributed by atoms with Crippen molar-refractivity contribution in [3.63, 3.8) is 0 Å². The zero-order chi connectivity index (χ0) is 14.2. The minimum absolute atomic E-state index is 0.0856. The quantitative estimate of drug-likeness (QED) is 0.658. The summed E-state index contributed by atoms with van der Waals surface area (Å²) in [4.78, 5) is 0. The molecule has 6 atom stereocenters. The van der Waals surface area contributed by atoms with Gasteiger partial charge in [-0.15, -0.1) is 0 Å². The van der Waals surface area contributed by atoms with Crippen LogP contribution in [0.25, 0.3) is 0 Å². The first-order chi connectivity index (χ1) is 10.3. The highest BCUT2D eigenvalue weighted by atomic mass is 16.7. The van der Waals surface area contributed by atoms with Crippen LogP contribution in [0.3, 0.4) is 0 Å². The molecule has 0 saturated carbocycles. The summed E-state index contributed by atoms with van der Waals surface area (Å²) in [5, 5.41) is 9.08. The predicted molar refractivity (Wildman–Crippen MR) is 69.1 cm³/mol. The van der Waals surface area contributed by atoms with Crippen molar-refractivity contribution in [3.8, 4) is 0 Å². The molecule has 6 rings (SSSR count). The van der Waals surface area contributed by atoms with Gasteiger partial charge in [-0.2, -0.15) is 0 Å². The van der Waals surface area contributed by atoms with E-state index in [1.54, 1.807) is 0 Å². The Kier molecular flexibility index (Phi) is 4.14. The van der Waals surface area contributed by atoms with Crippen LogP contribution in [-0.2, 0) is 28.4 Å². The van der Waals surface area contributed by atoms with Gasteiger partial charge in [0.05, 0.1) is 51.8 Å². The number of hydrogen-bond donors (Lipinski definition) is 1. The monoisotopic (exact) mass is 302 g/mol. The third kappa shape index (κ3) is 5.45. The Morgan fingerprint density at radius 1 is 0.667 bits per heavy atom. The molecule has 6 saturated heterocycles. The second-order valence-corrected chi connectivity index (χ2v) is 6.12. The van der Waals surface area contributed by atoms with Gasteiger partial charge in [-0.1, -0.05) is 0 Å². The van der Waals surface area contributed by atoms with Crippen LogP contribution in [0, 0.1) is 0 Å². The molecule has 6 aliphatic rings. The molecule has 6 fully saturated rings. The maximum Gasteiger partial charge on any atom is 0.111 e. The molecular weight excluding hydrogens is 280 g/mol. The van der Waals surface area contributed by atoms with Gasteiger partial charge in [0.2, 0.25) is 0 Å². The second-order valence-electron chi connectivity index (χ2n) is 6.12. The summed E-state index contributed by atoms with van der Waals surface area (Å²) in [7, 11) is 0. The zero-order valence-corrected chi connectivity index (χ0v) is 11.9. The Balaban J connectivity index is 0.0000000831. The molecular formula is C14H22O7. The van der Waals surface area contributed by atoms with Crippen molar-refractivity contribution >= 4 is 0 Å². The molecule has 0 radical (unpaired) electrons. The van der Waals surface area contributed by atoms with Crippen molar-refractivity contribution in [1.82, 2.24) is 0 Å². The first-order valence-corrected chi connectivity index (χ1v) is 7.67. The van der Waals surface area contributed by atoms with E-state index in [4.69, 9.17) is 33.5 Å². The lowest BCUT2D eigenvalue weighted by Gasteiger charge is -1.98. The van der Waals surface area contributed by atoms with Crippen molar-refractivity contribution in [2.75, 3.05) is 39.6 Å². The second kappa shape index (κ2) is 6.08. The lowest BCUT2D eigenvalue weighted by atomic mass is 10.2. The van der Waals surface area contributed by atoms with Gasteiger partial charge in [-0.25, -0.2) is 0 Å². The summed E-state index contributed by atoms with van der Waals surface area (Å²) in [5.74, 6) is 0. The van der Waals surface area contributed by atoms with E-state index in [1.807, 2.05) is 0 Å². The number of aliphatic hydroxyl groups is 1. The minimum atomic E-state index is -0.352. The van der Waals surface area contributed by atoms with Crippen molar-refractivity contribution in [3.05, 3.63) is 0 Å². The third-order valence-electron chi connectivity index (χ3n) is 3.94. The first-order valence-electron chi connectivity index (χ1n) is 7.67. The average Bonchev–Trinajstić information content (AvgIpc) is 3.24. The van der Waals surface area contributed by atoms with Gasteiger partial charge in [0.15, 0.2) is 0 Å². The Morgan fingerprint density at radius 2 is 1.05 bits per heavy atom. The number of hydrogen-bond acceptors (Lipinski definition) is 7. The Morgan fingerprint density at radius 3 is 1.29 bits per heavy atom. The van der Waals surface area contributed by atoms with Crippen molar-refractivity contribution in [2.24, 2.45) is 0 Å². The van der Waals surface area contributed by atoms with Crippen molar-refractivity contribution in [2.45, 2.75) is 49.1 Å². The highest BCUT2D eigenvalue weighted by Crippen LogP contribution is 2.25. The first kappa shape index (κ1) is 14.3. The predicted octanol–water partition coefficient (Wildman–Crippen LogP) is -0.897. The van der Waals surface area contributed by atoms with Gasteiger partial charge in [0.25, 0.3) is 0 Å². The topological polar surface area (TPSA) is 95.4 Å². The van der Waals surface area contributed by atoms with Crippen LogP contribution in [0.15, 0.2) is 0 Å². The Labute approximate surface area is 123 Å². The fourth-order valence-corrected chi connectivity index (χ4v) is 1.99. The number of rotatable bonds is 5. The van der Waals surface area contributed by atoms with Crippen LogP contribution in [0.5, 0.6) is 0 Å². The molecule has 7 nitrogen and oxygen atoms in total. The van der Waals surface area contributed by atoms with Gasteiger partial charge in [0.1, 0.15) is 30.5 Å². The molecule has 7 heteroatoms. The molecule has 0 aromatic heterocycles. The summed E-state index contributed by atoms with van der Waals surface area (Å²) >= 11 is 0. The number of ether oxygens (including phenoxy) is 6. The van der Waals surface area contributed by atoms with Crippen molar-refractivity contribution < 1.29 is 33.5 Å². The molecule has 0 amide bonds. The number of epoxide rings is 6. The molecule has 6 unspecified atom stereocenters. The van der Waals surface area contributed by atoms with Crippen molar-refractivity contribution in [1.29, 1.82) is 0 Å². The van der Waals surface area contributed by atoms with Crippen LogP contribution < -0.4 is 0 Å². The zero-order valence-electron chi connectivity index (χ0n) is 11.9. The summed E-state index contributed by atoms with van der Waals surface area (Å²) in [6, 6.07) is 0. The third-order valence-corrected chi connectivity index (χ3v) is 3.94. The van der Waals surface area contributed by atoms with Crippen LogP contribution in [0.2, 0.25) is 0 Å². The largest absolute Gasteiger partial charge is 0.388 e. The van der Waals surface area contributed by atoms with E-state index in [0.717, 1.165) is 32.8 Å². The van der Waals surface area contributed by atoms with E-state index in [9.17, 15) is 0 Å².